The molecule has 3 atom stereocenters. The van der Waals surface area contributed by atoms with Crippen LogP contribution in [0, 0.1) is 0 Å². The summed E-state index contributed by atoms with van der Waals surface area (Å²) in [4.78, 5) is 6.79. The summed E-state index contributed by atoms with van der Waals surface area (Å²) in [5.74, 6) is 0.862. The molecule has 0 aromatic carbocycles. The van der Waals surface area contributed by atoms with E-state index in [2.05, 4.69) is 9.88 Å². The Morgan fingerprint density at radius 3 is 2.95 bits per heavy atom. The van der Waals surface area contributed by atoms with Crippen LogP contribution in [0.5, 0.6) is 5.75 Å². The molecule has 4 rings (SSSR count). The van der Waals surface area contributed by atoms with Gasteiger partial charge in [-0.3, -0.25) is 9.88 Å². The Morgan fingerprint density at radius 2 is 2.20 bits per heavy atom. The monoisotopic (exact) mass is 274 g/mol. The zero-order valence-corrected chi connectivity index (χ0v) is 11.8. The third-order valence-electron chi connectivity index (χ3n) is 4.98. The number of nitrogens with zero attached hydrogens (tertiary/aromatic N) is 2. The standard InChI is InChI=1S/C16H22N2O2/c1-4-12(5-1)18-11-15(16-14(18)7-3-9-19-16)20-13-6-2-8-17-10-13/h2,6,8,10,12,14-16H,1,3-5,7,9,11H2/t14-,15-,16+/m1/s1. The quantitative estimate of drug-likeness (QED) is 0.846. The minimum atomic E-state index is 0.157. The molecule has 108 valence electrons. The van der Waals surface area contributed by atoms with Gasteiger partial charge in [0.2, 0.25) is 0 Å². The van der Waals surface area contributed by atoms with Gasteiger partial charge in [0.1, 0.15) is 18.0 Å². The Balaban J connectivity index is 1.50. The molecule has 1 saturated carbocycles. The highest BCUT2D eigenvalue weighted by Crippen LogP contribution is 2.37. The fraction of sp³-hybridized carbons (Fsp3) is 0.688. The number of hydrogen-bond acceptors (Lipinski definition) is 4. The molecular weight excluding hydrogens is 252 g/mol. The van der Waals surface area contributed by atoms with E-state index >= 15 is 0 Å². The van der Waals surface area contributed by atoms with Crippen LogP contribution < -0.4 is 4.74 Å². The summed E-state index contributed by atoms with van der Waals surface area (Å²) in [7, 11) is 0. The lowest BCUT2D eigenvalue weighted by atomic mass is 9.90. The lowest BCUT2D eigenvalue weighted by Gasteiger charge is -2.40. The summed E-state index contributed by atoms with van der Waals surface area (Å²) < 4.78 is 12.2. The fourth-order valence-electron chi connectivity index (χ4n) is 3.78. The van der Waals surface area contributed by atoms with Gasteiger partial charge in [-0.2, -0.15) is 0 Å². The molecule has 0 bridgehead atoms. The normalized spacial score (nSPS) is 34.5. The van der Waals surface area contributed by atoms with Crippen molar-refractivity contribution in [2.24, 2.45) is 0 Å². The highest BCUT2D eigenvalue weighted by Gasteiger charge is 2.48. The van der Waals surface area contributed by atoms with E-state index in [0.717, 1.165) is 24.9 Å². The van der Waals surface area contributed by atoms with E-state index < -0.39 is 0 Å². The predicted molar refractivity (Wildman–Crippen MR) is 75.8 cm³/mol. The van der Waals surface area contributed by atoms with Gasteiger partial charge < -0.3 is 9.47 Å². The first kappa shape index (κ1) is 12.6. The van der Waals surface area contributed by atoms with Crippen LogP contribution in [0.3, 0.4) is 0 Å². The van der Waals surface area contributed by atoms with E-state index in [4.69, 9.17) is 9.47 Å². The average Bonchev–Trinajstić information content (AvgIpc) is 2.78. The first-order valence-electron chi connectivity index (χ1n) is 7.86. The summed E-state index contributed by atoms with van der Waals surface area (Å²) in [6.45, 7) is 1.89. The molecule has 2 aliphatic heterocycles. The van der Waals surface area contributed by atoms with Gasteiger partial charge in [-0.05, 0) is 37.8 Å². The number of rotatable bonds is 3. The summed E-state index contributed by atoms with van der Waals surface area (Å²) in [6, 6.07) is 5.24. The van der Waals surface area contributed by atoms with Crippen LogP contribution in [-0.2, 0) is 4.74 Å². The van der Waals surface area contributed by atoms with Crippen LogP contribution in [0.4, 0.5) is 0 Å². The molecule has 0 N–H and O–H groups in total. The Labute approximate surface area is 120 Å². The van der Waals surface area contributed by atoms with Crippen LogP contribution in [0.15, 0.2) is 24.5 Å². The SMILES string of the molecule is c1cncc(O[C@@H]2CN(C3CCC3)[C@@H]3CCCO[C@@H]32)c1. The van der Waals surface area contributed by atoms with E-state index in [1.54, 1.807) is 12.4 Å². The smallest absolute Gasteiger partial charge is 0.139 e. The zero-order chi connectivity index (χ0) is 13.4. The molecule has 1 aromatic heterocycles. The molecule has 0 amide bonds. The van der Waals surface area contributed by atoms with Crippen molar-refractivity contribution in [2.75, 3.05) is 13.2 Å². The third-order valence-corrected chi connectivity index (χ3v) is 4.98. The van der Waals surface area contributed by atoms with Gasteiger partial charge in [0.05, 0.1) is 6.20 Å². The van der Waals surface area contributed by atoms with Gasteiger partial charge in [-0.1, -0.05) is 6.42 Å². The minimum Gasteiger partial charge on any atom is -0.485 e. The van der Waals surface area contributed by atoms with Crippen molar-refractivity contribution < 1.29 is 9.47 Å². The molecule has 20 heavy (non-hydrogen) atoms. The lowest BCUT2D eigenvalue weighted by molar-refractivity contribution is -0.0531. The van der Waals surface area contributed by atoms with Crippen LogP contribution in [0.2, 0.25) is 0 Å². The molecule has 0 unspecified atom stereocenters. The van der Waals surface area contributed by atoms with Gasteiger partial charge >= 0.3 is 0 Å². The van der Waals surface area contributed by atoms with Crippen molar-refractivity contribution in [3.63, 3.8) is 0 Å². The minimum absolute atomic E-state index is 0.157. The summed E-state index contributed by atoms with van der Waals surface area (Å²) in [6.07, 6.45) is 10.5. The fourth-order valence-corrected chi connectivity index (χ4v) is 3.78. The average molecular weight is 274 g/mol. The van der Waals surface area contributed by atoms with Crippen LogP contribution in [0.1, 0.15) is 32.1 Å². The number of fused-ring (bicyclic) bond motifs is 1. The Kier molecular flexibility index (Phi) is 3.36. The molecule has 0 radical (unpaired) electrons. The second kappa shape index (κ2) is 5.34. The first-order valence-corrected chi connectivity index (χ1v) is 7.86. The second-order valence-corrected chi connectivity index (χ2v) is 6.17. The molecule has 4 heteroatoms. The van der Waals surface area contributed by atoms with Crippen molar-refractivity contribution in [1.29, 1.82) is 0 Å². The molecule has 1 aromatic rings. The molecule has 4 nitrogen and oxygen atoms in total. The number of aromatic nitrogens is 1. The summed E-state index contributed by atoms with van der Waals surface area (Å²) in [5.41, 5.74) is 0. The lowest BCUT2D eigenvalue weighted by Crippen LogP contribution is -2.47. The number of likely N-dealkylation sites (tertiary alicyclic amines) is 1. The van der Waals surface area contributed by atoms with Gasteiger partial charge in [0, 0.05) is 31.4 Å². The third kappa shape index (κ3) is 2.21. The summed E-state index contributed by atoms with van der Waals surface area (Å²) >= 11 is 0. The highest BCUT2D eigenvalue weighted by atomic mass is 16.5. The molecular formula is C16H22N2O2. The van der Waals surface area contributed by atoms with Crippen molar-refractivity contribution in [2.45, 2.75) is 56.4 Å². The second-order valence-electron chi connectivity index (χ2n) is 6.17. The Bertz CT molecular complexity index is 449. The van der Waals surface area contributed by atoms with Crippen LogP contribution in [0.25, 0.3) is 0 Å². The van der Waals surface area contributed by atoms with Crippen LogP contribution in [-0.4, -0.2) is 47.3 Å². The maximum absolute atomic E-state index is 6.16. The Morgan fingerprint density at radius 1 is 1.25 bits per heavy atom. The largest absolute Gasteiger partial charge is 0.485 e. The molecule has 1 aliphatic carbocycles. The number of pyridine rings is 1. The number of ether oxygens (including phenoxy) is 2. The summed E-state index contributed by atoms with van der Waals surface area (Å²) in [5, 5.41) is 0. The van der Waals surface area contributed by atoms with E-state index in [9.17, 15) is 0 Å². The molecule has 3 fully saturated rings. The van der Waals surface area contributed by atoms with Crippen molar-refractivity contribution >= 4 is 0 Å². The molecule has 3 heterocycles. The van der Waals surface area contributed by atoms with E-state index in [1.807, 2.05) is 12.1 Å². The maximum Gasteiger partial charge on any atom is 0.139 e. The van der Waals surface area contributed by atoms with Gasteiger partial charge in [-0.25, -0.2) is 0 Å². The predicted octanol–water partition coefficient (Wildman–Crippen LogP) is 2.24. The molecule has 2 saturated heterocycles. The first-order chi connectivity index (χ1) is 9.92. The van der Waals surface area contributed by atoms with Crippen molar-refractivity contribution in [3.05, 3.63) is 24.5 Å². The van der Waals surface area contributed by atoms with E-state index in [-0.39, 0.29) is 12.2 Å². The van der Waals surface area contributed by atoms with E-state index in [1.165, 1.54) is 32.1 Å². The number of hydrogen-bond donors (Lipinski definition) is 0. The topological polar surface area (TPSA) is 34.6 Å². The van der Waals surface area contributed by atoms with Crippen molar-refractivity contribution in [1.82, 2.24) is 9.88 Å². The molecule has 3 aliphatic rings. The van der Waals surface area contributed by atoms with Crippen molar-refractivity contribution in [3.8, 4) is 5.75 Å². The highest BCUT2D eigenvalue weighted by molar-refractivity contribution is 5.17. The zero-order valence-electron chi connectivity index (χ0n) is 11.8. The Hall–Kier alpha value is -1.13. The van der Waals surface area contributed by atoms with Gasteiger partial charge in [-0.15, -0.1) is 0 Å². The van der Waals surface area contributed by atoms with E-state index in [0.29, 0.717) is 6.04 Å². The van der Waals surface area contributed by atoms with Gasteiger partial charge in [0.25, 0.3) is 0 Å². The van der Waals surface area contributed by atoms with Gasteiger partial charge in [0.15, 0.2) is 0 Å². The maximum atomic E-state index is 6.16. The van der Waals surface area contributed by atoms with Crippen LogP contribution >= 0.6 is 0 Å². The molecule has 0 spiro atoms.